The van der Waals surface area contributed by atoms with Crippen LogP contribution in [0.1, 0.15) is 0 Å². The topological polar surface area (TPSA) is 31.0 Å². The molecule has 0 unspecified atom stereocenters. The van der Waals surface area contributed by atoms with E-state index in [0.717, 1.165) is 33.3 Å². The molecule has 33 heavy (non-hydrogen) atoms. The Hall–Kier alpha value is -4.08. The maximum atomic E-state index is 6.39. The van der Waals surface area contributed by atoms with Gasteiger partial charge in [0.1, 0.15) is 11.1 Å². The van der Waals surface area contributed by atoms with Gasteiger partial charge in [-0.25, -0.2) is 0 Å². The van der Waals surface area contributed by atoms with E-state index in [0.29, 0.717) is 10.6 Å². The number of pyridine rings is 1. The van der Waals surface area contributed by atoms with Gasteiger partial charge in [0.25, 0.3) is 0 Å². The van der Waals surface area contributed by atoms with E-state index in [1.165, 1.54) is 21.8 Å². The molecule has 0 N–H and O–H groups in total. The van der Waals surface area contributed by atoms with Crippen molar-refractivity contribution >= 4 is 55.5 Å². The first kappa shape index (κ1) is 18.5. The fourth-order valence-electron chi connectivity index (χ4n) is 4.87. The van der Waals surface area contributed by atoms with Crippen molar-refractivity contribution in [3.05, 3.63) is 108 Å². The number of benzene rings is 4. The predicted molar refractivity (Wildman–Crippen MR) is 136 cm³/mol. The number of nitrogens with zero attached hydrogens (tertiary/aromatic N) is 2. The van der Waals surface area contributed by atoms with Gasteiger partial charge in [-0.1, -0.05) is 66.2 Å². The van der Waals surface area contributed by atoms with Crippen molar-refractivity contribution in [2.24, 2.45) is 0 Å². The molecule has 3 aromatic heterocycles. The van der Waals surface area contributed by atoms with E-state index >= 15 is 0 Å². The smallest absolute Gasteiger partial charge is 0.172 e. The van der Waals surface area contributed by atoms with Gasteiger partial charge in [0, 0.05) is 33.6 Å². The minimum Gasteiger partial charge on any atom is -0.452 e. The van der Waals surface area contributed by atoms with Crippen LogP contribution in [0.4, 0.5) is 0 Å². The summed E-state index contributed by atoms with van der Waals surface area (Å²) in [6, 6.07) is 33.6. The summed E-state index contributed by atoms with van der Waals surface area (Å²) in [7, 11) is 0. The molecule has 156 valence electrons. The fourth-order valence-corrected chi connectivity index (χ4v) is 5.06. The molecule has 4 aromatic carbocycles. The number of fused-ring (bicyclic) bond motifs is 6. The normalized spacial score (nSPS) is 11.8. The minimum atomic E-state index is 0.573. The van der Waals surface area contributed by atoms with E-state index in [1.54, 1.807) is 12.3 Å². The lowest BCUT2D eigenvalue weighted by molar-refractivity contribution is 0.669. The Morgan fingerprint density at radius 1 is 0.667 bits per heavy atom. The molecule has 3 nitrogen and oxygen atoms in total. The summed E-state index contributed by atoms with van der Waals surface area (Å²) in [5, 5.41) is 3.97. The van der Waals surface area contributed by atoms with Crippen LogP contribution in [0.25, 0.3) is 60.7 Å². The van der Waals surface area contributed by atoms with Crippen molar-refractivity contribution in [2.45, 2.75) is 0 Å². The summed E-state index contributed by atoms with van der Waals surface area (Å²) in [5.41, 5.74) is 7.86. The highest BCUT2D eigenvalue weighted by molar-refractivity contribution is 6.35. The summed E-state index contributed by atoms with van der Waals surface area (Å²) in [6.45, 7) is 0. The summed E-state index contributed by atoms with van der Waals surface area (Å²) in [4.78, 5) is 4.51. The zero-order valence-electron chi connectivity index (χ0n) is 17.5. The molecular weight excluding hydrogens is 428 g/mol. The van der Waals surface area contributed by atoms with Gasteiger partial charge >= 0.3 is 0 Å². The third-order valence-electron chi connectivity index (χ3n) is 6.33. The van der Waals surface area contributed by atoms with E-state index in [-0.39, 0.29) is 0 Å². The van der Waals surface area contributed by atoms with E-state index in [9.17, 15) is 0 Å². The molecule has 0 aliphatic heterocycles. The van der Waals surface area contributed by atoms with Gasteiger partial charge in [0.05, 0.1) is 16.1 Å². The standard InChI is InChI=1S/C29H17ClN2O/c30-24-15-16-31-27-22-11-6-10-20(28(22)33-29(24)27)18-13-14-26-23(17-18)21-9-4-5-12-25(21)32(26)19-7-2-1-3-8-19/h1-17H. The molecule has 0 spiro atoms. The van der Waals surface area contributed by atoms with E-state index in [4.69, 9.17) is 16.0 Å². The average molecular weight is 445 g/mol. The van der Waals surface area contributed by atoms with E-state index in [2.05, 4.69) is 82.3 Å². The maximum Gasteiger partial charge on any atom is 0.172 e. The quantitative estimate of drug-likeness (QED) is 0.268. The molecule has 4 heteroatoms. The SMILES string of the molecule is Clc1ccnc2c1oc1c(-c3ccc4c(c3)c3ccccc3n4-c3ccccc3)cccc12. The zero-order valence-corrected chi connectivity index (χ0v) is 18.3. The van der Waals surface area contributed by atoms with Crippen LogP contribution in [-0.2, 0) is 0 Å². The Labute approximate surface area is 194 Å². The van der Waals surface area contributed by atoms with Crippen LogP contribution in [0.2, 0.25) is 5.02 Å². The van der Waals surface area contributed by atoms with Crippen LogP contribution in [0, 0.1) is 0 Å². The first-order valence-corrected chi connectivity index (χ1v) is 11.2. The number of hydrogen-bond acceptors (Lipinski definition) is 2. The van der Waals surface area contributed by atoms with Crippen molar-refractivity contribution in [2.75, 3.05) is 0 Å². The Morgan fingerprint density at radius 2 is 1.45 bits per heavy atom. The number of halogens is 1. The molecule has 0 bridgehead atoms. The summed E-state index contributed by atoms with van der Waals surface area (Å²) >= 11 is 6.39. The highest BCUT2D eigenvalue weighted by Gasteiger charge is 2.17. The summed E-state index contributed by atoms with van der Waals surface area (Å²) in [5.74, 6) is 0. The molecular formula is C29H17ClN2O. The van der Waals surface area contributed by atoms with Crippen molar-refractivity contribution in [3.63, 3.8) is 0 Å². The molecule has 0 saturated heterocycles. The number of hydrogen-bond donors (Lipinski definition) is 0. The van der Waals surface area contributed by atoms with Crippen molar-refractivity contribution < 1.29 is 4.42 Å². The number of aromatic nitrogens is 2. The van der Waals surface area contributed by atoms with Gasteiger partial charge in [0.15, 0.2) is 5.58 Å². The highest BCUT2D eigenvalue weighted by Crippen LogP contribution is 2.39. The third kappa shape index (κ3) is 2.66. The van der Waals surface area contributed by atoms with Gasteiger partial charge in [-0.05, 0) is 48.0 Å². The fraction of sp³-hybridized carbons (Fsp3) is 0. The molecule has 7 rings (SSSR count). The summed E-state index contributed by atoms with van der Waals surface area (Å²) < 4.78 is 8.56. The van der Waals surface area contributed by atoms with Crippen LogP contribution in [0.15, 0.2) is 108 Å². The maximum absolute atomic E-state index is 6.39. The Balaban J connectivity index is 1.54. The minimum absolute atomic E-state index is 0.573. The molecule has 7 aromatic rings. The Morgan fingerprint density at radius 3 is 2.36 bits per heavy atom. The molecule has 0 atom stereocenters. The molecule has 0 radical (unpaired) electrons. The largest absolute Gasteiger partial charge is 0.452 e. The van der Waals surface area contributed by atoms with Crippen LogP contribution in [-0.4, -0.2) is 9.55 Å². The molecule has 0 saturated carbocycles. The van der Waals surface area contributed by atoms with Crippen molar-refractivity contribution in [1.29, 1.82) is 0 Å². The molecule has 0 aliphatic rings. The molecule has 0 aliphatic carbocycles. The zero-order chi connectivity index (χ0) is 21.9. The lowest BCUT2D eigenvalue weighted by Gasteiger charge is -2.08. The van der Waals surface area contributed by atoms with Crippen LogP contribution in [0.5, 0.6) is 0 Å². The number of para-hydroxylation sites is 3. The van der Waals surface area contributed by atoms with Crippen molar-refractivity contribution in [3.8, 4) is 16.8 Å². The second kappa shape index (κ2) is 6.96. The van der Waals surface area contributed by atoms with Crippen LogP contribution in [0.3, 0.4) is 0 Å². The summed E-state index contributed by atoms with van der Waals surface area (Å²) in [6.07, 6.45) is 1.72. The van der Waals surface area contributed by atoms with Crippen LogP contribution >= 0.6 is 11.6 Å². The van der Waals surface area contributed by atoms with Gasteiger partial charge in [-0.15, -0.1) is 0 Å². The second-order valence-electron chi connectivity index (χ2n) is 8.17. The first-order chi connectivity index (χ1) is 16.3. The van der Waals surface area contributed by atoms with E-state index < -0.39 is 0 Å². The van der Waals surface area contributed by atoms with Gasteiger partial charge < -0.3 is 8.98 Å². The molecule has 0 amide bonds. The Bertz CT molecular complexity index is 1830. The monoisotopic (exact) mass is 444 g/mol. The molecule has 3 heterocycles. The lowest BCUT2D eigenvalue weighted by Crippen LogP contribution is -1.92. The lowest BCUT2D eigenvalue weighted by atomic mass is 10.0. The third-order valence-corrected chi connectivity index (χ3v) is 6.63. The van der Waals surface area contributed by atoms with Crippen molar-refractivity contribution in [1.82, 2.24) is 9.55 Å². The highest BCUT2D eigenvalue weighted by atomic mass is 35.5. The van der Waals surface area contributed by atoms with Gasteiger partial charge in [-0.2, -0.15) is 0 Å². The van der Waals surface area contributed by atoms with Crippen LogP contribution < -0.4 is 0 Å². The second-order valence-corrected chi connectivity index (χ2v) is 8.58. The van der Waals surface area contributed by atoms with E-state index in [1.807, 2.05) is 18.2 Å². The van der Waals surface area contributed by atoms with Gasteiger partial charge in [0.2, 0.25) is 0 Å². The predicted octanol–water partition coefficient (Wildman–Crippen LogP) is 8.40. The number of furan rings is 1. The number of rotatable bonds is 2. The molecule has 0 fully saturated rings. The average Bonchev–Trinajstić information content (AvgIpc) is 3.41. The van der Waals surface area contributed by atoms with Gasteiger partial charge in [-0.3, -0.25) is 4.98 Å². The Kier molecular flexibility index (Phi) is 3.90. The first-order valence-electron chi connectivity index (χ1n) is 10.8.